The Morgan fingerprint density at radius 3 is 1.26 bits per heavy atom. The fraction of sp³-hybridized carbons (Fsp3) is 0. The Morgan fingerprint density at radius 2 is 0.661 bits per heavy atom. The number of nitrogens with zero attached hydrogens (tertiary/aromatic N) is 3. The van der Waals surface area contributed by atoms with Crippen molar-refractivity contribution in [3.05, 3.63) is 237 Å². The van der Waals surface area contributed by atoms with Gasteiger partial charge in [-0.05, 0) is 86.1 Å². The highest BCUT2D eigenvalue weighted by atomic mass is 14.9. The average Bonchev–Trinajstić information content (AvgIpc) is 3.37. The second-order valence-corrected chi connectivity index (χ2v) is 15.6. The van der Waals surface area contributed by atoms with Gasteiger partial charge in [0.05, 0.1) is 22.6 Å². The lowest BCUT2D eigenvalue weighted by molar-refractivity contribution is 1.18. The second kappa shape index (κ2) is 16.1. The lowest BCUT2D eigenvalue weighted by Crippen LogP contribution is -1.97. The SMILES string of the molecule is c1ccc(-c2cc(-c3ccccc3)cc(-c3cc(-c4ccc(-c5cc6ccccc6c6c(-c7ccccc7)cc(-c7ccccc7)nc56)cc4)nc(-c4ccccc4)n3)c2)cc1. The maximum Gasteiger partial charge on any atom is 0.160 e. The van der Waals surface area contributed by atoms with Gasteiger partial charge in [0, 0.05) is 33.2 Å². The molecule has 3 nitrogen and oxygen atoms in total. The van der Waals surface area contributed by atoms with Crippen molar-refractivity contribution < 1.29 is 0 Å². The Hall–Kier alpha value is -8.27. The van der Waals surface area contributed by atoms with Gasteiger partial charge in [-0.2, -0.15) is 0 Å². The van der Waals surface area contributed by atoms with Crippen molar-refractivity contribution in [1.82, 2.24) is 15.0 Å². The number of rotatable bonds is 8. The van der Waals surface area contributed by atoms with Crippen LogP contribution in [0.5, 0.6) is 0 Å². The second-order valence-electron chi connectivity index (χ2n) is 15.6. The maximum atomic E-state index is 5.47. The fourth-order valence-electron chi connectivity index (χ4n) is 8.56. The van der Waals surface area contributed by atoms with Crippen LogP contribution in [0, 0.1) is 0 Å². The predicted octanol–water partition coefficient (Wildman–Crippen LogP) is 15.5. The van der Waals surface area contributed by atoms with E-state index in [4.69, 9.17) is 15.0 Å². The summed E-state index contributed by atoms with van der Waals surface area (Å²) in [5, 5.41) is 3.50. The van der Waals surface area contributed by atoms with Gasteiger partial charge in [0.25, 0.3) is 0 Å². The van der Waals surface area contributed by atoms with E-state index >= 15 is 0 Å². The van der Waals surface area contributed by atoms with Gasteiger partial charge in [-0.3, -0.25) is 0 Å². The Balaban J connectivity index is 1.08. The minimum atomic E-state index is 0.681. The highest BCUT2D eigenvalue weighted by Crippen LogP contribution is 2.42. The van der Waals surface area contributed by atoms with E-state index in [1.165, 1.54) is 10.8 Å². The third-order valence-corrected chi connectivity index (χ3v) is 11.7. The summed E-state index contributed by atoms with van der Waals surface area (Å²) in [4.78, 5) is 15.9. The van der Waals surface area contributed by atoms with Crippen LogP contribution in [0.1, 0.15) is 0 Å². The van der Waals surface area contributed by atoms with Crippen molar-refractivity contribution in [2.24, 2.45) is 0 Å². The lowest BCUT2D eigenvalue weighted by Gasteiger charge is -2.17. The lowest BCUT2D eigenvalue weighted by atomic mass is 9.90. The summed E-state index contributed by atoms with van der Waals surface area (Å²) in [6, 6.07) is 83.4. The maximum absolute atomic E-state index is 5.47. The van der Waals surface area contributed by atoms with Crippen molar-refractivity contribution in [2.75, 3.05) is 0 Å². The van der Waals surface area contributed by atoms with Gasteiger partial charge in [-0.15, -0.1) is 0 Å². The molecule has 0 saturated heterocycles. The van der Waals surface area contributed by atoms with Crippen molar-refractivity contribution in [3.8, 4) is 89.7 Å². The van der Waals surface area contributed by atoms with Gasteiger partial charge in [-0.25, -0.2) is 15.0 Å². The van der Waals surface area contributed by atoms with Crippen molar-refractivity contribution in [1.29, 1.82) is 0 Å². The molecule has 0 spiro atoms. The van der Waals surface area contributed by atoms with Crippen LogP contribution in [-0.4, -0.2) is 15.0 Å². The van der Waals surface area contributed by atoms with Gasteiger partial charge < -0.3 is 0 Å². The molecule has 0 unspecified atom stereocenters. The third-order valence-electron chi connectivity index (χ3n) is 11.7. The summed E-state index contributed by atoms with van der Waals surface area (Å²) in [5.41, 5.74) is 16.8. The molecule has 3 heteroatoms. The first-order chi connectivity index (χ1) is 30.7. The summed E-state index contributed by atoms with van der Waals surface area (Å²) < 4.78 is 0. The van der Waals surface area contributed by atoms with Crippen LogP contribution >= 0.6 is 0 Å². The molecular formula is C59H39N3. The van der Waals surface area contributed by atoms with E-state index in [2.05, 4.69) is 218 Å². The quantitative estimate of drug-likeness (QED) is 0.144. The van der Waals surface area contributed by atoms with E-state index in [9.17, 15) is 0 Å². The minimum absolute atomic E-state index is 0.681. The number of fused-ring (bicyclic) bond motifs is 3. The smallest absolute Gasteiger partial charge is 0.160 e. The molecular weight excluding hydrogens is 751 g/mol. The summed E-state index contributed by atoms with van der Waals surface area (Å²) >= 11 is 0. The van der Waals surface area contributed by atoms with Crippen LogP contribution in [0.4, 0.5) is 0 Å². The number of benzene rings is 9. The van der Waals surface area contributed by atoms with Crippen molar-refractivity contribution in [2.45, 2.75) is 0 Å². The molecule has 0 N–H and O–H groups in total. The molecule has 0 atom stereocenters. The molecule has 0 radical (unpaired) electrons. The molecule has 2 heterocycles. The van der Waals surface area contributed by atoms with Crippen LogP contribution in [-0.2, 0) is 0 Å². The monoisotopic (exact) mass is 789 g/mol. The summed E-state index contributed by atoms with van der Waals surface area (Å²) in [7, 11) is 0. The minimum Gasteiger partial charge on any atom is -0.247 e. The first-order valence-electron chi connectivity index (χ1n) is 21.0. The van der Waals surface area contributed by atoms with Crippen LogP contribution in [0.2, 0.25) is 0 Å². The zero-order valence-electron chi connectivity index (χ0n) is 33.9. The van der Waals surface area contributed by atoms with E-state index in [0.29, 0.717) is 5.82 Å². The molecule has 0 bridgehead atoms. The Labute approximate surface area is 361 Å². The Kier molecular flexibility index (Phi) is 9.53. The standard InChI is InChI=1S/C59H39N3/c1-6-18-40(19-7-1)48-34-49(41-20-8-2-9-21-41)36-50(35-48)56-39-55(61-59(62-56)46-26-14-5-15-27-46)45-32-30-43(31-33-45)53-37-47-28-16-17-29-51(47)57-52(42-22-10-3-11-23-42)38-54(60-58(53)57)44-24-12-4-13-25-44/h1-39H. The third kappa shape index (κ3) is 7.12. The van der Waals surface area contributed by atoms with Crippen LogP contribution in [0.15, 0.2) is 237 Å². The summed E-state index contributed by atoms with van der Waals surface area (Å²) in [5.74, 6) is 0.681. The highest BCUT2D eigenvalue weighted by Gasteiger charge is 2.18. The summed E-state index contributed by atoms with van der Waals surface area (Å²) in [6.45, 7) is 0. The molecule has 9 aromatic carbocycles. The Bertz CT molecular complexity index is 3290. The molecule has 290 valence electrons. The highest BCUT2D eigenvalue weighted by molar-refractivity contribution is 6.18. The van der Waals surface area contributed by atoms with Crippen LogP contribution < -0.4 is 0 Å². The molecule has 62 heavy (non-hydrogen) atoms. The van der Waals surface area contributed by atoms with Crippen molar-refractivity contribution >= 4 is 21.7 Å². The van der Waals surface area contributed by atoms with E-state index in [1.54, 1.807) is 0 Å². The molecule has 0 saturated carbocycles. The predicted molar refractivity (Wildman–Crippen MR) is 258 cm³/mol. The molecule has 0 aliphatic heterocycles. The molecule has 0 fully saturated rings. The molecule has 0 aliphatic rings. The van der Waals surface area contributed by atoms with Gasteiger partial charge >= 0.3 is 0 Å². The first-order valence-corrected chi connectivity index (χ1v) is 21.0. The van der Waals surface area contributed by atoms with Gasteiger partial charge in [0.1, 0.15) is 0 Å². The van der Waals surface area contributed by atoms with E-state index in [0.717, 1.165) is 94.7 Å². The molecule has 11 aromatic rings. The van der Waals surface area contributed by atoms with E-state index < -0.39 is 0 Å². The van der Waals surface area contributed by atoms with E-state index in [-0.39, 0.29) is 0 Å². The van der Waals surface area contributed by atoms with Crippen LogP contribution in [0.3, 0.4) is 0 Å². The molecule has 0 aliphatic carbocycles. The average molecular weight is 790 g/mol. The van der Waals surface area contributed by atoms with Gasteiger partial charge in [-0.1, -0.05) is 200 Å². The molecule has 11 rings (SSSR count). The number of aromatic nitrogens is 3. The largest absolute Gasteiger partial charge is 0.247 e. The number of hydrogen-bond acceptors (Lipinski definition) is 3. The normalized spacial score (nSPS) is 11.2. The zero-order chi connectivity index (χ0) is 41.2. The Morgan fingerprint density at radius 1 is 0.242 bits per heavy atom. The van der Waals surface area contributed by atoms with Crippen molar-refractivity contribution in [3.63, 3.8) is 0 Å². The van der Waals surface area contributed by atoms with Crippen LogP contribution in [0.25, 0.3) is 111 Å². The first kappa shape index (κ1) is 36.8. The fourth-order valence-corrected chi connectivity index (χ4v) is 8.56. The number of pyridine rings is 1. The zero-order valence-corrected chi connectivity index (χ0v) is 33.9. The summed E-state index contributed by atoms with van der Waals surface area (Å²) in [6.07, 6.45) is 0. The molecule has 0 amide bonds. The topological polar surface area (TPSA) is 38.7 Å². The van der Waals surface area contributed by atoms with E-state index in [1.807, 2.05) is 18.2 Å². The van der Waals surface area contributed by atoms with Gasteiger partial charge in [0.2, 0.25) is 0 Å². The van der Waals surface area contributed by atoms with Gasteiger partial charge in [0.15, 0.2) is 5.82 Å². The molecule has 2 aromatic heterocycles. The number of hydrogen-bond donors (Lipinski definition) is 0.